The Bertz CT molecular complexity index is 153. The molecule has 0 radical (unpaired) electrons. The maximum Gasteiger partial charge on any atom is 0.0530 e. The molecule has 90 valence electrons. The van der Waals surface area contributed by atoms with E-state index in [-0.39, 0.29) is 0 Å². The highest BCUT2D eigenvalue weighted by Gasteiger charge is 2.30. The van der Waals surface area contributed by atoms with Crippen molar-refractivity contribution in [2.45, 2.75) is 58.3 Å². The normalized spacial score (nSPS) is 20.4. The molecule has 0 heterocycles. The van der Waals surface area contributed by atoms with E-state index in [1.54, 1.807) is 0 Å². The van der Waals surface area contributed by atoms with Gasteiger partial charge >= 0.3 is 0 Å². The van der Waals surface area contributed by atoms with E-state index in [0.717, 1.165) is 18.5 Å². The van der Waals surface area contributed by atoms with Crippen LogP contribution >= 0.6 is 15.9 Å². The molecule has 2 heteroatoms. The van der Waals surface area contributed by atoms with Gasteiger partial charge in [-0.1, -0.05) is 55.0 Å². The third kappa shape index (κ3) is 4.86. The molecule has 1 nitrogen and oxygen atoms in total. The van der Waals surface area contributed by atoms with Crippen LogP contribution in [0.5, 0.6) is 0 Å². The zero-order chi connectivity index (χ0) is 11.0. The van der Waals surface area contributed by atoms with E-state index in [1.807, 2.05) is 0 Å². The van der Waals surface area contributed by atoms with Gasteiger partial charge in [0.25, 0.3) is 0 Å². The molecule has 1 aliphatic rings. The van der Waals surface area contributed by atoms with Crippen LogP contribution in [0.15, 0.2) is 0 Å². The van der Waals surface area contributed by atoms with Crippen molar-refractivity contribution in [1.82, 2.24) is 0 Å². The van der Waals surface area contributed by atoms with E-state index in [4.69, 9.17) is 4.74 Å². The molecule has 0 aliphatic heterocycles. The Hall–Kier alpha value is 0.440. The van der Waals surface area contributed by atoms with Crippen LogP contribution in [-0.4, -0.2) is 18.5 Å². The number of hydrogen-bond acceptors (Lipinski definition) is 1. The van der Waals surface area contributed by atoms with Gasteiger partial charge in [-0.3, -0.25) is 0 Å². The minimum atomic E-state index is 0.463. The van der Waals surface area contributed by atoms with Gasteiger partial charge in [0.1, 0.15) is 0 Å². The predicted octanol–water partition coefficient (Wildman–Crippen LogP) is 4.54. The van der Waals surface area contributed by atoms with Gasteiger partial charge in [-0.2, -0.15) is 0 Å². The highest BCUT2D eigenvalue weighted by molar-refractivity contribution is 9.09. The van der Waals surface area contributed by atoms with E-state index < -0.39 is 0 Å². The van der Waals surface area contributed by atoms with E-state index in [9.17, 15) is 0 Å². The Morgan fingerprint density at radius 2 is 1.87 bits per heavy atom. The van der Waals surface area contributed by atoms with Crippen molar-refractivity contribution < 1.29 is 4.74 Å². The second-order valence-corrected chi connectivity index (χ2v) is 5.51. The number of halogens is 1. The smallest absolute Gasteiger partial charge is 0.0530 e. The third-order valence-corrected chi connectivity index (χ3v) is 4.69. The van der Waals surface area contributed by atoms with Gasteiger partial charge in [0.05, 0.1) is 6.61 Å². The minimum Gasteiger partial charge on any atom is -0.381 e. The molecular weight excluding hydrogens is 252 g/mol. The lowest BCUT2D eigenvalue weighted by Gasteiger charge is -2.35. The van der Waals surface area contributed by atoms with Crippen LogP contribution in [0.2, 0.25) is 0 Å². The Morgan fingerprint density at radius 1 is 1.13 bits per heavy atom. The summed E-state index contributed by atoms with van der Waals surface area (Å²) in [4.78, 5) is 0. The van der Waals surface area contributed by atoms with Gasteiger partial charge in [-0.05, 0) is 19.3 Å². The second kappa shape index (κ2) is 7.67. The highest BCUT2D eigenvalue weighted by Crippen LogP contribution is 2.38. The summed E-state index contributed by atoms with van der Waals surface area (Å²) in [6.07, 6.45) is 10.7. The maximum atomic E-state index is 5.84. The van der Waals surface area contributed by atoms with E-state index >= 15 is 0 Å². The summed E-state index contributed by atoms with van der Waals surface area (Å²) < 4.78 is 5.84. The van der Waals surface area contributed by atoms with E-state index in [2.05, 4.69) is 22.9 Å². The Kier molecular flexibility index (Phi) is 6.91. The summed E-state index contributed by atoms with van der Waals surface area (Å²) in [5, 5.41) is 1.12. The zero-order valence-corrected chi connectivity index (χ0v) is 11.7. The van der Waals surface area contributed by atoms with Gasteiger partial charge in [0, 0.05) is 17.4 Å². The monoisotopic (exact) mass is 276 g/mol. The first-order chi connectivity index (χ1) is 7.33. The zero-order valence-electron chi connectivity index (χ0n) is 10.1. The lowest BCUT2D eigenvalue weighted by molar-refractivity contribution is 0.0333. The van der Waals surface area contributed by atoms with Crippen LogP contribution in [-0.2, 0) is 4.74 Å². The number of unbranched alkanes of at least 4 members (excludes halogenated alkanes) is 2. The topological polar surface area (TPSA) is 9.23 Å². The SMILES string of the molecule is CCCCCOCC1(CBr)CCCCC1. The van der Waals surface area contributed by atoms with E-state index in [1.165, 1.54) is 51.4 Å². The lowest BCUT2D eigenvalue weighted by Crippen LogP contribution is -2.31. The molecule has 1 aliphatic carbocycles. The first kappa shape index (κ1) is 13.5. The first-order valence-electron chi connectivity index (χ1n) is 6.47. The largest absolute Gasteiger partial charge is 0.381 e. The average Bonchev–Trinajstić information content (AvgIpc) is 2.30. The number of hydrogen-bond donors (Lipinski definition) is 0. The molecule has 0 spiro atoms. The molecule has 0 aromatic heterocycles. The van der Waals surface area contributed by atoms with Crippen molar-refractivity contribution in [3.8, 4) is 0 Å². The number of rotatable bonds is 7. The van der Waals surface area contributed by atoms with E-state index in [0.29, 0.717) is 5.41 Å². The fraction of sp³-hybridized carbons (Fsp3) is 1.00. The molecule has 1 fully saturated rings. The summed E-state index contributed by atoms with van der Waals surface area (Å²) in [7, 11) is 0. The minimum absolute atomic E-state index is 0.463. The predicted molar refractivity (Wildman–Crippen MR) is 69.7 cm³/mol. The summed E-state index contributed by atoms with van der Waals surface area (Å²) in [6.45, 7) is 4.17. The van der Waals surface area contributed by atoms with Gasteiger partial charge in [0.15, 0.2) is 0 Å². The molecule has 0 aromatic rings. The van der Waals surface area contributed by atoms with Crippen molar-refractivity contribution in [2.75, 3.05) is 18.5 Å². The van der Waals surface area contributed by atoms with Crippen molar-refractivity contribution in [3.63, 3.8) is 0 Å². The van der Waals surface area contributed by atoms with Crippen LogP contribution in [0, 0.1) is 5.41 Å². The molecule has 0 bridgehead atoms. The second-order valence-electron chi connectivity index (χ2n) is 4.95. The third-order valence-electron chi connectivity index (χ3n) is 3.50. The standard InChI is InChI=1S/C13H25BrO/c1-2-3-7-10-15-12-13(11-14)8-5-4-6-9-13/h2-12H2,1H3. The lowest BCUT2D eigenvalue weighted by atomic mass is 9.76. The molecule has 0 atom stereocenters. The number of ether oxygens (including phenoxy) is 1. The quantitative estimate of drug-likeness (QED) is 0.490. The summed E-state index contributed by atoms with van der Waals surface area (Å²) in [5.74, 6) is 0. The molecule has 0 N–H and O–H groups in total. The van der Waals surface area contributed by atoms with Crippen LogP contribution in [0.3, 0.4) is 0 Å². The first-order valence-corrected chi connectivity index (χ1v) is 7.59. The summed E-state index contributed by atoms with van der Waals surface area (Å²) in [5.41, 5.74) is 0.463. The van der Waals surface area contributed by atoms with Crippen molar-refractivity contribution >= 4 is 15.9 Å². The molecule has 0 unspecified atom stereocenters. The molecule has 0 aromatic carbocycles. The fourth-order valence-electron chi connectivity index (χ4n) is 2.36. The number of alkyl halides is 1. The van der Waals surface area contributed by atoms with Crippen molar-refractivity contribution in [1.29, 1.82) is 0 Å². The Labute approximate surface area is 103 Å². The molecule has 1 rings (SSSR count). The van der Waals surface area contributed by atoms with Gasteiger partial charge in [0.2, 0.25) is 0 Å². The highest BCUT2D eigenvalue weighted by atomic mass is 79.9. The van der Waals surface area contributed by atoms with Crippen molar-refractivity contribution in [2.24, 2.45) is 5.41 Å². The molecule has 0 saturated heterocycles. The van der Waals surface area contributed by atoms with Gasteiger partial charge in [-0.15, -0.1) is 0 Å². The van der Waals surface area contributed by atoms with Crippen molar-refractivity contribution in [3.05, 3.63) is 0 Å². The van der Waals surface area contributed by atoms with Gasteiger partial charge in [-0.25, -0.2) is 0 Å². The van der Waals surface area contributed by atoms with Crippen LogP contribution in [0.25, 0.3) is 0 Å². The fourth-order valence-corrected chi connectivity index (χ4v) is 3.08. The molecular formula is C13H25BrO. The Morgan fingerprint density at radius 3 is 2.47 bits per heavy atom. The van der Waals surface area contributed by atoms with Crippen LogP contribution < -0.4 is 0 Å². The molecule has 0 amide bonds. The summed E-state index contributed by atoms with van der Waals surface area (Å²) >= 11 is 3.67. The Balaban J connectivity index is 2.15. The molecule has 15 heavy (non-hydrogen) atoms. The summed E-state index contributed by atoms with van der Waals surface area (Å²) in [6, 6.07) is 0. The molecule has 1 saturated carbocycles. The average molecular weight is 277 g/mol. The van der Waals surface area contributed by atoms with Gasteiger partial charge < -0.3 is 4.74 Å². The van der Waals surface area contributed by atoms with Crippen LogP contribution in [0.1, 0.15) is 58.3 Å². The maximum absolute atomic E-state index is 5.84. The van der Waals surface area contributed by atoms with Crippen LogP contribution in [0.4, 0.5) is 0 Å².